The standard InChI is InChI=1S/C22H26N2O5/c1-15(12-18(25)16-10-8-7-9-11-16)24(22(26)23(2)3)17-13-19(27-4)21(29-6)20(14-17)28-5/h7-14H,1-6H3/b15-12+. The summed E-state index contributed by atoms with van der Waals surface area (Å²) in [5.41, 5.74) is 1.47. The highest BCUT2D eigenvalue weighted by atomic mass is 16.5. The van der Waals surface area contributed by atoms with E-state index < -0.39 is 0 Å². The Morgan fingerprint density at radius 3 is 1.90 bits per heavy atom. The number of anilines is 1. The minimum absolute atomic E-state index is 0.202. The molecule has 7 heteroatoms. The third kappa shape index (κ3) is 4.87. The molecule has 0 radical (unpaired) electrons. The van der Waals surface area contributed by atoms with Gasteiger partial charge in [-0.25, -0.2) is 4.79 Å². The molecule has 0 bridgehead atoms. The van der Waals surface area contributed by atoms with Gasteiger partial charge >= 0.3 is 6.03 Å². The minimum Gasteiger partial charge on any atom is -0.493 e. The number of allylic oxidation sites excluding steroid dienone is 2. The van der Waals surface area contributed by atoms with Crippen LogP contribution >= 0.6 is 0 Å². The van der Waals surface area contributed by atoms with Crippen molar-refractivity contribution in [2.75, 3.05) is 40.3 Å². The molecule has 2 rings (SSSR count). The predicted octanol–water partition coefficient (Wildman–Crippen LogP) is 3.99. The molecule has 0 saturated heterocycles. The van der Waals surface area contributed by atoms with Gasteiger partial charge < -0.3 is 19.1 Å². The van der Waals surface area contributed by atoms with Crippen molar-refractivity contribution in [1.82, 2.24) is 4.90 Å². The first kappa shape index (κ1) is 21.8. The monoisotopic (exact) mass is 398 g/mol. The lowest BCUT2D eigenvalue weighted by Gasteiger charge is -2.28. The maximum absolute atomic E-state index is 12.9. The van der Waals surface area contributed by atoms with Gasteiger partial charge in [-0.05, 0) is 6.92 Å². The molecule has 0 aliphatic carbocycles. The summed E-state index contributed by atoms with van der Waals surface area (Å²) in [5.74, 6) is 1.02. The van der Waals surface area contributed by atoms with E-state index in [9.17, 15) is 9.59 Å². The van der Waals surface area contributed by atoms with E-state index in [1.807, 2.05) is 6.07 Å². The number of rotatable bonds is 7. The van der Waals surface area contributed by atoms with E-state index in [1.165, 1.54) is 37.2 Å². The molecule has 0 fully saturated rings. The number of benzene rings is 2. The minimum atomic E-state index is -0.325. The van der Waals surface area contributed by atoms with Gasteiger partial charge in [-0.1, -0.05) is 30.3 Å². The molecule has 2 aromatic carbocycles. The van der Waals surface area contributed by atoms with E-state index in [4.69, 9.17) is 14.2 Å². The average Bonchev–Trinajstić information content (AvgIpc) is 2.73. The lowest BCUT2D eigenvalue weighted by atomic mass is 10.1. The summed E-state index contributed by atoms with van der Waals surface area (Å²) in [6.07, 6.45) is 1.43. The van der Waals surface area contributed by atoms with Crippen molar-refractivity contribution in [2.24, 2.45) is 0 Å². The number of urea groups is 1. The molecule has 0 aliphatic rings. The van der Waals surface area contributed by atoms with Crippen molar-refractivity contribution in [2.45, 2.75) is 6.92 Å². The molecule has 154 valence electrons. The van der Waals surface area contributed by atoms with Crippen molar-refractivity contribution in [3.05, 3.63) is 59.8 Å². The Hall–Kier alpha value is -3.48. The molecular formula is C22H26N2O5. The number of hydrogen-bond acceptors (Lipinski definition) is 5. The largest absolute Gasteiger partial charge is 0.493 e. The second-order valence-corrected chi connectivity index (χ2v) is 6.41. The molecule has 0 heterocycles. The van der Waals surface area contributed by atoms with E-state index in [1.54, 1.807) is 57.4 Å². The Bertz CT molecular complexity index is 882. The van der Waals surface area contributed by atoms with Crippen LogP contribution in [0.5, 0.6) is 17.2 Å². The highest BCUT2D eigenvalue weighted by Crippen LogP contribution is 2.41. The van der Waals surface area contributed by atoms with E-state index in [2.05, 4.69) is 0 Å². The van der Waals surface area contributed by atoms with Gasteiger partial charge in [0.15, 0.2) is 17.3 Å². The molecule has 0 aromatic heterocycles. The number of amides is 2. The number of ketones is 1. The first-order valence-corrected chi connectivity index (χ1v) is 8.93. The topological polar surface area (TPSA) is 68.3 Å². The van der Waals surface area contributed by atoms with Gasteiger partial charge in [-0.2, -0.15) is 0 Å². The SMILES string of the molecule is COc1cc(N(C(=O)N(C)C)/C(C)=C/C(=O)c2ccccc2)cc(OC)c1OC. The van der Waals surface area contributed by atoms with Crippen LogP contribution in [0, 0.1) is 0 Å². The molecule has 0 atom stereocenters. The molecule has 29 heavy (non-hydrogen) atoms. The zero-order chi connectivity index (χ0) is 21.6. The summed E-state index contributed by atoms with van der Waals surface area (Å²) < 4.78 is 16.1. The molecule has 0 aliphatic heterocycles. The zero-order valence-corrected chi connectivity index (χ0v) is 17.6. The fourth-order valence-corrected chi connectivity index (χ4v) is 2.80. The summed E-state index contributed by atoms with van der Waals surface area (Å²) in [4.78, 5) is 28.4. The van der Waals surface area contributed by atoms with Crippen molar-refractivity contribution in [3.8, 4) is 17.2 Å². The number of hydrogen-bond donors (Lipinski definition) is 0. The van der Waals surface area contributed by atoms with Crippen molar-refractivity contribution in [1.29, 1.82) is 0 Å². The molecule has 0 unspecified atom stereocenters. The van der Waals surface area contributed by atoms with E-state index >= 15 is 0 Å². The maximum atomic E-state index is 12.9. The van der Waals surface area contributed by atoms with Gasteiger partial charge in [0.1, 0.15) is 0 Å². The number of carbonyl (C=O) groups excluding carboxylic acids is 2. The van der Waals surface area contributed by atoms with Crippen LogP contribution in [0.4, 0.5) is 10.5 Å². The highest BCUT2D eigenvalue weighted by molar-refractivity contribution is 6.06. The fourth-order valence-electron chi connectivity index (χ4n) is 2.80. The van der Waals surface area contributed by atoms with Gasteiger partial charge in [0.2, 0.25) is 5.75 Å². The fraction of sp³-hybridized carbons (Fsp3) is 0.273. The predicted molar refractivity (Wildman–Crippen MR) is 112 cm³/mol. The van der Waals surface area contributed by atoms with Crippen molar-refractivity contribution < 1.29 is 23.8 Å². The van der Waals surface area contributed by atoms with Crippen molar-refractivity contribution in [3.63, 3.8) is 0 Å². The molecule has 7 nitrogen and oxygen atoms in total. The maximum Gasteiger partial charge on any atom is 0.328 e. The normalized spacial score (nSPS) is 10.9. The molecule has 0 saturated carbocycles. The average molecular weight is 398 g/mol. The highest BCUT2D eigenvalue weighted by Gasteiger charge is 2.24. The summed E-state index contributed by atoms with van der Waals surface area (Å²) in [5, 5.41) is 0. The Morgan fingerprint density at radius 2 is 1.45 bits per heavy atom. The van der Waals surface area contributed by atoms with E-state index in [0.29, 0.717) is 34.2 Å². The van der Waals surface area contributed by atoms with Crippen LogP contribution < -0.4 is 19.1 Å². The van der Waals surface area contributed by atoms with Crippen LogP contribution in [0.15, 0.2) is 54.2 Å². The molecule has 0 spiro atoms. The van der Waals surface area contributed by atoms with Gasteiger partial charge in [0, 0.05) is 43.6 Å². The number of ether oxygens (including phenoxy) is 3. The van der Waals surface area contributed by atoms with Crippen LogP contribution in [0.1, 0.15) is 17.3 Å². The van der Waals surface area contributed by atoms with Crippen LogP contribution in [-0.2, 0) is 0 Å². The summed E-state index contributed by atoms with van der Waals surface area (Å²) in [7, 11) is 7.79. The first-order chi connectivity index (χ1) is 13.8. The Morgan fingerprint density at radius 1 is 0.897 bits per heavy atom. The molecule has 0 N–H and O–H groups in total. The summed E-state index contributed by atoms with van der Waals surface area (Å²) in [6, 6.07) is 11.9. The Kier molecular flexibility index (Phi) is 7.25. The van der Waals surface area contributed by atoms with E-state index in [0.717, 1.165) is 0 Å². The van der Waals surface area contributed by atoms with Gasteiger partial charge in [-0.3, -0.25) is 9.69 Å². The van der Waals surface area contributed by atoms with Crippen LogP contribution in [-0.4, -0.2) is 52.1 Å². The third-order valence-electron chi connectivity index (χ3n) is 4.23. The first-order valence-electron chi connectivity index (χ1n) is 8.93. The summed E-state index contributed by atoms with van der Waals surface area (Å²) >= 11 is 0. The van der Waals surface area contributed by atoms with Crippen LogP contribution in [0.25, 0.3) is 0 Å². The molecule has 2 amide bonds. The van der Waals surface area contributed by atoms with E-state index in [-0.39, 0.29) is 11.8 Å². The Labute approximate surface area is 171 Å². The summed E-state index contributed by atoms with van der Waals surface area (Å²) in [6.45, 7) is 1.70. The number of carbonyl (C=O) groups is 2. The third-order valence-corrected chi connectivity index (χ3v) is 4.23. The molecule has 2 aromatic rings. The number of methoxy groups -OCH3 is 3. The van der Waals surface area contributed by atoms with Gasteiger partial charge in [-0.15, -0.1) is 0 Å². The quantitative estimate of drug-likeness (QED) is 0.521. The lowest BCUT2D eigenvalue weighted by molar-refractivity contribution is 0.104. The second kappa shape index (κ2) is 9.64. The zero-order valence-electron chi connectivity index (χ0n) is 17.6. The van der Waals surface area contributed by atoms with Crippen LogP contribution in [0.2, 0.25) is 0 Å². The number of nitrogens with zero attached hydrogens (tertiary/aromatic N) is 2. The Balaban J connectivity index is 2.58. The smallest absolute Gasteiger partial charge is 0.328 e. The van der Waals surface area contributed by atoms with Crippen molar-refractivity contribution >= 4 is 17.5 Å². The van der Waals surface area contributed by atoms with Gasteiger partial charge in [0.05, 0.1) is 27.0 Å². The lowest BCUT2D eigenvalue weighted by Crippen LogP contribution is -2.38. The molecular weight excluding hydrogens is 372 g/mol. The van der Waals surface area contributed by atoms with Gasteiger partial charge in [0.25, 0.3) is 0 Å². The second-order valence-electron chi connectivity index (χ2n) is 6.41. The van der Waals surface area contributed by atoms with Crippen LogP contribution in [0.3, 0.4) is 0 Å².